The third-order valence-electron chi connectivity index (χ3n) is 3.16. The highest BCUT2D eigenvalue weighted by Gasteiger charge is 2.18. The van der Waals surface area contributed by atoms with Gasteiger partial charge in [0.15, 0.2) is 0 Å². The van der Waals surface area contributed by atoms with Gasteiger partial charge in [-0.1, -0.05) is 6.07 Å². The number of aromatic nitrogens is 2. The quantitative estimate of drug-likeness (QED) is 0.669. The summed E-state index contributed by atoms with van der Waals surface area (Å²) in [6, 6.07) is 6.17. The minimum Gasteiger partial charge on any atom is -0.364 e. The van der Waals surface area contributed by atoms with Crippen molar-refractivity contribution in [1.29, 1.82) is 5.26 Å². The fourth-order valence-electron chi connectivity index (χ4n) is 2.17. The molecule has 0 aliphatic rings. The van der Waals surface area contributed by atoms with Crippen molar-refractivity contribution in [1.82, 2.24) is 9.97 Å². The van der Waals surface area contributed by atoms with Crippen LogP contribution in [0.2, 0.25) is 0 Å². The maximum absolute atomic E-state index is 9.18. The van der Waals surface area contributed by atoms with Gasteiger partial charge in [0.25, 0.3) is 0 Å². The molecule has 5 nitrogen and oxygen atoms in total. The zero-order chi connectivity index (χ0) is 16.4. The Morgan fingerprint density at radius 3 is 2.96 bits per heavy atom. The second kappa shape index (κ2) is 6.93. The Morgan fingerprint density at radius 1 is 1.48 bits per heavy atom. The number of halogens is 1. The summed E-state index contributed by atoms with van der Waals surface area (Å²) >= 11 is 6.89. The Morgan fingerprint density at radius 2 is 2.30 bits per heavy atom. The van der Waals surface area contributed by atoms with Crippen LogP contribution in [-0.4, -0.2) is 16.0 Å². The number of hydrogen-bond donors (Lipinski definition) is 2. The average molecular weight is 408 g/mol. The lowest BCUT2D eigenvalue weighted by atomic mass is 10.2. The van der Waals surface area contributed by atoms with Gasteiger partial charge in [0, 0.05) is 15.8 Å². The zero-order valence-electron chi connectivity index (χ0n) is 12.3. The van der Waals surface area contributed by atoms with Gasteiger partial charge in [-0.15, -0.1) is 22.7 Å². The summed E-state index contributed by atoms with van der Waals surface area (Å²) in [5.41, 5.74) is 6.68. The predicted molar refractivity (Wildman–Crippen MR) is 98.8 cm³/mol. The van der Waals surface area contributed by atoms with E-state index >= 15 is 0 Å². The molecule has 8 heteroatoms. The fourth-order valence-corrected chi connectivity index (χ4v) is 4.88. The maximum atomic E-state index is 9.18. The van der Waals surface area contributed by atoms with Crippen molar-refractivity contribution in [3.63, 3.8) is 0 Å². The molecule has 3 aromatic heterocycles. The number of nitrogens with zero attached hydrogens (tertiary/aromatic N) is 3. The second-order valence-electron chi connectivity index (χ2n) is 5.14. The van der Waals surface area contributed by atoms with Crippen molar-refractivity contribution in [2.75, 3.05) is 5.32 Å². The van der Waals surface area contributed by atoms with Crippen LogP contribution in [0.4, 0.5) is 5.82 Å². The van der Waals surface area contributed by atoms with Crippen molar-refractivity contribution in [3.05, 3.63) is 37.6 Å². The van der Waals surface area contributed by atoms with E-state index in [0.717, 1.165) is 26.0 Å². The molecule has 0 aromatic carbocycles. The first kappa shape index (κ1) is 16.3. The molecule has 0 spiro atoms. The summed E-state index contributed by atoms with van der Waals surface area (Å²) in [6.07, 6.45) is 0.758. The van der Waals surface area contributed by atoms with Crippen LogP contribution in [0.3, 0.4) is 0 Å². The van der Waals surface area contributed by atoms with Gasteiger partial charge < -0.3 is 11.1 Å². The first-order chi connectivity index (χ1) is 11.1. The molecule has 3 aromatic rings. The standard InChI is InChI=1S/C15H14BrN5S2/c1-8(18)5-10-12(16)13-14(23-10)15(21-11(6-17)20-13)19-7-9-3-2-4-22-9/h2-4,8H,5,7,18H2,1H3,(H,19,20,21). The van der Waals surface area contributed by atoms with E-state index in [1.54, 1.807) is 22.7 Å². The molecule has 0 radical (unpaired) electrons. The highest BCUT2D eigenvalue weighted by Crippen LogP contribution is 2.38. The van der Waals surface area contributed by atoms with E-state index in [0.29, 0.717) is 12.4 Å². The van der Waals surface area contributed by atoms with Crippen molar-refractivity contribution < 1.29 is 0 Å². The lowest BCUT2D eigenvalue weighted by Crippen LogP contribution is -2.17. The predicted octanol–water partition coefficient (Wildman–Crippen LogP) is 3.89. The molecule has 0 aliphatic carbocycles. The highest BCUT2D eigenvalue weighted by molar-refractivity contribution is 9.10. The average Bonchev–Trinajstić information content (AvgIpc) is 3.14. The molecule has 3 heterocycles. The molecule has 0 saturated heterocycles. The maximum Gasteiger partial charge on any atom is 0.234 e. The van der Waals surface area contributed by atoms with E-state index in [-0.39, 0.29) is 11.9 Å². The molecule has 0 saturated carbocycles. The normalized spacial score (nSPS) is 12.3. The van der Waals surface area contributed by atoms with Gasteiger partial charge in [-0.25, -0.2) is 9.97 Å². The molecule has 1 atom stereocenters. The highest BCUT2D eigenvalue weighted by atomic mass is 79.9. The smallest absolute Gasteiger partial charge is 0.234 e. The number of nitrogens with two attached hydrogens (primary N) is 1. The molecule has 0 bridgehead atoms. The fraction of sp³-hybridized carbons (Fsp3) is 0.267. The topological polar surface area (TPSA) is 87.6 Å². The summed E-state index contributed by atoms with van der Waals surface area (Å²) in [4.78, 5) is 11.0. The van der Waals surface area contributed by atoms with Gasteiger partial charge in [-0.3, -0.25) is 0 Å². The number of nitrogens with one attached hydrogen (secondary N) is 1. The van der Waals surface area contributed by atoms with Crippen LogP contribution in [0, 0.1) is 11.3 Å². The van der Waals surface area contributed by atoms with E-state index in [9.17, 15) is 5.26 Å². The molecule has 118 valence electrons. The number of thiophene rings is 2. The Kier molecular flexibility index (Phi) is 4.92. The van der Waals surface area contributed by atoms with Crippen LogP contribution < -0.4 is 11.1 Å². The van der Waals surface area contributed by atoms with Gasteiger partial charge in [0.2, 0.25) is 5.82 Å². The molecule has 3 N–H and O–H groups in total. The van der Waals surface area contributed by atoms with E-state index in [1.165, 1.54) is 4.88 Å². The Balaban J connectivity index is 2.02. The zero-order valence-corrected chi connectivity index (χ0v) is 15.6. The van der Waals surface area contributed by atoms with Crippen LogP contribution in [-0.2, 0) is 13.0 Å². The Bertz CT molecular complexity index is 864. The first-order valence-electron chi connectivity index (χ1n) is 6.99. The molecule has 1 unspecified atom stereocenters. The van der Waals surface area contributed by atoms with Crippen molar-refractivity contribution in [3.8, 4) is 6.07 Å². The van der Waals surface area contributed by atoms with Gasteiger partial charge in [-0.2, -0.15) is 5.26 Å². The summed E-state index contributed by atoms with van der Waals surface area (Å²) in [5.74, 6) is 0.860. The molecular formula is C15H14BrN5S2. The number of fused-ring (bicyclic) bond motifs is 1. The van der Waals surface area contributed by atoms with Crippen LogP contribution >= 0.6 is 38.6 Å². The van der Waals surface area contributed by atoms with E-state index < -0.39 is 0 Å². The monoisotopic (exact) mass is 407 g/mol. The summed E-state index contributed by atoms with van der Waals surface area (Å²) in [6.45, 7) is 2.64. The molecule has 23 heavy (non-hydrogen) atoms. The lowest BCUT2D eigenvalue weighted by Gasteiger charge is -2.05. The Hall–Kier alpha value is -1.53. The first-order valence-corrected chi connectivity index (χ1v) is 9.48. The molecule has 0 amide bonds. The number of hydrogen-bond acceptors (Lipinski definition) is 7. The minimum absolute atomic E-state index is 0.0605. The largest absolute Gasteiger partial charge is 0.364 e. The van der Waals surface area contributed by atoms with E-state index in [1.807, 2.05) is 24.4 Å². The van der Waals surface area contributed by atoms with Crippen LogP contribution in [0.25, 0.3) is 10.2 Å². The lowest BCUT2D eigenvalue weighted by molar-refractivity contribution is 0.745. The van der Waals surface area contributed by atoms with Crippen molar-refractivity contribution >= 4 is 54.6 Å². The number of anilines is 1. The summed E-state index contributed by atoms with van der Waals surface area (Å²) in [7, 11) is 0. The van der Waals surface area contributed by atoms with E-state index in [4.69, 9.17) is 5.73 Å². The third kappa shape index (κ3) is 3.53. The van der Waals surface area contributed by atoms with E-state index in [2.05, 4.69) is 37.3 Å². The molecule has 0 aliphatic heterocycles. The minimum atomic E-state index is 0.0605. The van der Waals surface area contributed by atoms with Gasteiger partial charge in [-0.05, 0) is 40.7 Å². The summed E-state index contributed by atoms with van der Waals surface area (Å²) in [5, 5.41) is 14.5. The molecule has 3 rings (SSSR count). The van der Waals surface area contributed by atoms with Gasteiger partial charge in [0.1, 0.15) is 17.4 Å². The molecule has 0 fully saturated rings. The van der Waals surface area contributed by atoms with Crippen LogP contribution in [0.15, 0.2) is 22.0 Å². The third-order valence-corrected chi connectivity index (χ3v) is 6.36. The van der Waals surface area contributed by atoms with Crippen molar-refractivity contribution in [2.24, 2.45) is 5.73 Å². The number of rotatable bonds is 5. The summed E-state index contributed by atoms with van der Waals surface area (Å²) < 4.78 is 1.86. The number of nitriles is 1. The van der Waals surface area contributed by atoms with Gasteiger partial charge in [0.05, 0.1) is 15.7 Å². The Labute approximate surface area is 150 Å². The van der Waals surface area contributed by atoms with Crippen LogP contribution in [0.1, 0.15) is 22.5 Å². The second-order valence-corrected chi connectivity index (χ2v) is 8.07. The molecular weight excluding hydrogens is 394 g/mol. The van der Waals surface area contributed by atoms with Gasteiger partial charge >= 0.3 is 0 Å². The van der Waals surface area contributed by atoms with Crippen LogP contribution in [0.5, 0.6) is 0 Å². The SMILES string of the molecule is CC(N)Cc1sc2c(NCc3cccs3)nc(C#N)nc2c1Br. The van der Waals surface area contributed by atoms with Crippen molar-refractivity contribution in [2.45, 2.75) is 25.9 Å².